The van der Waals surface area contributed by atoms with Crippen molar-refractivity contribution in [3.63, 3.8) is 0 Å². The summed E-state index contributed by atoms with van der Waals surface area (Å²) in [5, 5.41) is 12.5. The van der Waals surface area contributed by atoms with Gasteiger partial charge in [-0.05, 0) is 106 Å². The molecule has 0 fully saturated rings. The molecule has 1 aliphatic heterocycles. The van der Waals surface area contributed by atoms with Crippen LogP contribution in [0.25, 0.3) is 98.4 Å². The highest BCUT2D eigenvalue weighted by Gasteiger charge is 2.22. The Morgan fingerprint density at radius 2 is 0.804 bits per heavy atom. The molecule has 10 aromatic carbocycles. The number of hydrogen-bond acceptors (Lipinski definition) is 1. The molecular formula is C50H30O. The van der Waals surface area contributed by atoms with Crippen LogP contribution in [0.1, 0.15) is 0 Å². The molecule has 0 atom stereocenters. The van der Waals surface area contributed by atoms with E-state index in [1.807, 2.05) is 12.1 Å². The highest BCUT2D eigenvalue weighted by molar-refractivity contribution is 6.25. The predicted molar refractivity (Wildman–Crippen MR) is 216 cm³/mol. The Morgan fingerprint density at radius 3 is 1.55 bits per heavy atom. The van der Waals surface area contributed by atoms with Gasteiger partial charge in [-0.3, -0.25) is 0 Å². The Hall–Kier alpha value is -6.70. The average Bonchev–Trinajstić information content (AvgIpc) is 3.20. The molecule has 0 aliphatic carbocycles. The van der Waals surface area contributed by atoms with Gasteiger partial charge >= 0.3 is 0 Å². The third kappa shape index (κ3) is 4.16. The Kier molecular flexibility index (Phi) is 6.02. The summed E-state index contributed by atoms with van der Waals surface area (Å²) in [6.07, 6.45) is 0. The van der Waals surface area contributed by atoms with E-state index in [0.717, 1.165) is 17.1 Å². The molecule has 0 aromatic heterocycles. The molecule has 0 bridgehead atoms. The van der Waals surface area contributed by atoms with Crippen molar-refractivity contribution in [2.45, 2.75) is 0 Å². The molecule has 1 heterocycles. The van der Waals surface area contributed by atoms with Crippen molar-refractivity contribution in [1.82, 2.24) is 0 Å². The zero-order valence-corrected chi connectivity index (χ0v) is 27.7. The maximum absolute atomic E-state index is 6.39. The Morgan fingerprint density at radius 1 is 0.275 bits per heavy atom. The average molecular weight is 647 g/mol. The van der Waals surface area contributed by atoms with E-state index in [4.69, 9.17) is 4.74 Å². The molecular weight excluding hydrogens is 617 g/mol. The van der Waals surface area contributed by atoms with Crippen molar-refractivity contribution >= 4 is 53.9 Å². The molecule has 51 heavy (non-hydrogen) atoms. The van der Waals surface area contributed by atoms with Gasteiger partial charge in [-0.15, -0.1) is 0 Å². The fourth-order valence-electron chi connectivity index (χ4n) is 8.64. The second-order valence-corrected chi connectivity index (χ2v) is 13.5. The first kappa shape index (κ1) is 28.2. The summed E-state index contributed by atoms with van der Waals surface area (Å²) in [5.74, 6) is 1.82. The predicted octanol–water partition coefficient (Wildman–Crippen LogP) is 14.2. The van der Waals surface area contributed by atoms with Crippen molar-refractivity contribution in [3.05, 3.63) is 182 Å². The lowest BCUT2D eigenvalue weighted by Gasteiger charge is -2.22. The van der Waals surface area contributed by atoms with Crippen molar-refractivity contribution in [3.8, 4) is 56.0 Å². The number of rotatable bonds is 3. The first-order valence-electron chi connectivity index (χ1n) is 17.6. The van der Waals surface area contributed by atoms with Crippen LogP contribution in [0, 0.1) is 0 Å². The van der Waals surface area contributed by atoms with Crippen LogP contribution in [-0.4, -0.2) is 0 Å². The van der Waals surface area contributed by atoms with Crippen LogP contribution in [0.5, 0.6) is 11.5 Å². The van der Waals surface area contributed by atoms with Crippen LogP contribution >= 0.6 is 0 Å². The molecule has 0 saturated carbocycles. The number of hydrogen-bond donors (Lipinski definition) is 0. The van der Waals surface area contributed by atoms with E-state index in [1.54, 1.807) is 0 Å². The monoisotopic (exact) mass is 646 g/mol. The van der Waals surface area contributed by atoms with E-state index in [2.05, 4.69) is 170 Å². The summed E-state index contributed by atoms with van der Waals surface area (Å²) in [5.41, 5.74) is 9.79. The molecule has 0 radical (unpaired) electrons. The minimum Gasteiger partial charge on any atom is -0.456 e. The van der Waals surface area contributed by atoms with Gasteiger partial charge < -0.3 is 4.74 Å². The standard InChI is InChI=1S/C50H30O/c1-2-13-34-33(12-1)30-45(37-15-4-3-14-36(34)37)49-42-19-7-5-17-40(42)48(41-18-6-8-20-43(41)49)32-26-24-31(25-27-32)35-28-29-44-38-16-9-10-22-46(38)51-47-23-11-21-39(35)50(44)47/h1-30H. The van der Waals surface area contributed by atoms with E-state index >= 15 is 0 Å². The van der Waals surface area contributed by atoms with Crippen molar-refractivity contribution in [1.29, 1.82) is 0 Å². The molecule has 0 N–H and O–H groups in total. The quantitative estimate of drug-likeness (QED) is 0.137. The molecule has 1 aliphatic rings. The first-order chi connectivity index (χ1) is 25.3. The Labute approximate surface area is 295 Å². The van der Waals surface area contributed by atoms with Crippen LogP contribution in [0.3, 0.4) is 0 Å². The van der Waals surface area contributed by atoms with E-state index in [9.17, 15) is 0 Å². The largest absolute Gasteiger partial charge is 0.456 e. The van der Waals surface area contributed by atoms with E-state index < -0.39 is 0 Å². The summed E-state index contributed by atoms with van der Waals surface area (Å²) < 4.78 is 6.39. The van der Waals surface area contributed by atoms with Crippen LogP contribution in [-0.2, 0) is 0 Å². The number of fused-ring (bicyclic) bond motifs is 7. The molecule has 1 nitrogen and oxygen atoms in total. The van der Waals surface area contributed by atoms with Gasteiger partial charge in [0.15, 0.2) is 0 Å². The molecule has 0 amide bonds. The summed E-state index contributed by atoms with van der Waals surface area (Å²) in [7, 11) is 0. The summed E-state index contributed by atoms with van der Waals surface area (Å²) in [6.45, 7) is 0. The highest BCUT2D eigenvalue weighted by atomic mass is 16.5. The number of para-hydroxylation sites is 1. The lowest BCUT2D eigenvalue weighted by Crippen LogP contribution is -1.97. The minimum atomic E-state index is 0.911. The summed E-state index contributed by atoms with van der Waals surface area (Å²) in [6, 6.07) is 66.3. The third-order valence-electron chi connectivity index (χ3n) is 10.9. The van der Waals surface area contributed by atoms with Gasteiger partial charge in [0, 0.05) is 10.9 Å². The normalized spacial score (nSPS) is 12.1. The summed E-state index contributed by atoms with van der Waals surface area (Å²) >= 11 is 0. The molecule has 236 valence electrons. The second kappa shape index (κ2) is 10.9. The number of benzene rings is 10. The smallest absolute Gasteiger partial charge is 0.135 e. The van der Waals surface area contributed by atoms with Crippen LogP contribution < -0.4 is 4.74 Å². The molecule has 11 rings (SSSR count). The van der Waals surface area contributed by atoms with Crippen molar-refractivity contribution in [2.75, 3.05) is 0 Å². The van der Waals surface area contributed by atoms with E-state index in [1.165, 1.54) is 92.8 Å². The maximum atomic E-state index is 6.39. The topological polar surface area (TPSA) is 9.23 Å². The minimum absolute atomic E-state index is 0.911. The lowest BCUT2D eigenvalue weighted by atomic mass is 9.83. The fourth-order valence-corrected chi connectivity index (χ4v) is 8.64. The van der Waals surface area contributed by atoms with Crippen molar-refractivity contribution < 1.29 is 4.74 Å². The molecule has 10 aromatic rings. The maximum Gasteiger partial charge on any atom is 0.135 e. The molecule has 1 heteroatoms. The Bertz CT molecular complexity index is 2980. The van der Waals surface area contributed by atoms with Crippen LogP contribution in [0.2, 0.25) is 0 Å². The number of ether oxygens (including phenoxy) is 1. The van der Waals surface area contributed by atoms with Gasteiger partial charge in [0.1, 0.15) is 11.5 Å². The van der Waals surface area contributed by atoms with Gasteiger partial charge in [0.2, 0.25) is 0 Å². The lowest BCUT2D eigenvalue weighted by molar-refractivity contribution is 0.487. The molecule has 0 spiro atoms. The van der Waals surface area contributed by atoms with Crippen LogP contribution in [0.15, 0.2) is 182 Å². The van der Waals surface area contributed by atoms with Gasteiger partial charge in [0.05, 0.1) is 0 Å². The summed E-state index contributed by atoms with van der Waals surface area (Å²) in [4.78, 5) is 0. The van der Waals surface area contributed by atoms with E-state index in [-0.39, 0.29) is 0 Å². The van der Waals surface area contributed by atoms with Gasteiger partial charge in [0.25, 0.3) is 0 Å². The van der Waals surface area contributed by atoms with Gasteiger partial charge in [-0.1, -0.05) is 164 Å². The van der Waals surface area contributed by atoms with Gasteiger partial charge in [-0.25, -0.2) is 0 Å². The first-order valence-corrected chi connectivity index (χ1v) is 17.6. The zero-order valence-electron chi connectivity index (χ0n) is 27.7. The van der Waals surface area contributed by atoms with Gasteiger partial charge in [-0.2, -0.15) is 0 Å². The van der Waals surface area contributed by atoms with Crippen LogP contribution in [0.4, 0.5) is 0 Å². The second-order valence-electron chi connectivity index (χ2n) is 13.5. The highest BCUT2D eigenvalue weighted by Crippen LogP contribution is 2.50. The van der Waals surface area contributed by atoms with E-state index in [0.29, 0.717) is 0 Å². The third-order valence-corrected chi connectivity index (χ3v) is 10.9. The van der Waals surface area contributed by atoms with Crippen molar-refractivity contribution in [2.24, 2.45) is 0 Å². The zero-order chi connectivity index (χ0) is 33.5. The fraction of sp³-hybridized carbons (Fsp3) is 0. The molecule has 0 saturated heterocycles. The SMILES string of the molecule is c1ccc2c(c1)Oc1cccc3c(-c4ccc(-c5c6ccccc6c(-c6cc7ccccc7c7ccccc67)c6ccccc56)cc4)ccc-2c13. The Balaban J connectivity index is 1.12. The molecule has 0 unspecified atom stereocenters.